The predicted octanol–water partition coefficient (Wildman–Crippen LogP) is 4.48. The first-order chi connectivity index (χ1) is 8.90. The van der Waals surface area contributed by atoms with Crippen LogP contribution in [0.25, 0.3) is 0 Å². The number of hydrogen-bond donors (Lipinski definition) is 1. The molecule has 0 heterocycles. The lowest BCUT2D eigenvalue weighted by Crippen LogP contribution is -2.43. The van der Waals surface area contributed by atoms with Crippen LogP contribution in [0.1, 0.15) is 51.7 Å². The standard InChI is InChI=1S/C17H28FN/c1-6-10-19-16(17(4,5)7-2)12-14-11-15(18)9-8-13(14)3/h8-9,11,16,19H,6-7,10,12H2,1-5H3. The third kappa shape index (κ3) is 4.61. The minimum atomic E-state index is -0.135. The van der Waals surface area contributed by atoms with Crippen LogP contribution in [0, 0.1) is 18.2 Å². The summed E-state index contributed by atoms with van der Waals surface area (Å²) in [6.45, 7) is 12.0. The third-order valence-electron chi connectivity index (χ3n) is 4.23. The summed E-state index contributed by atoms with van der Waals surface area (Å²) < 4.78 is 13.4. The lowest BCUT2D eigenvalue weighted by atomic mass is 9.78. The van der Waals surface area contributed by atoms with E-state index in [-0.39, 0.29) is 11.2 Å². The van der Waals surface area contributed by atoms with Crippen molar-refractivity contribution < 1.29 is 4.39 Å². The molecule has 2 heteroatoms. The van der Waals surface area contributed by atoms with E-state index in [2.05, 4.69) is 39.9 Å². The molecule has 0 amide bonds. The van der Waals surface area contributed by atoms with Crippen LogP contribution in [0.2, 0.25) is 0 Å². The third-order valence-corrected chi connectivity index (χ3v) is 4.23. The zero-order chi connectivity index (χ0) is 14.5. The van der Waals surface area contributed by atoms with E-state index in [1.807, 2.05) is 6.07 Å². The van der Waals surface area contributed by atoms with Gasteiger partial charge in [-0.05, 0) is 61.4 Å². The van der Waals surface area contributed by atoms with Crippen molar-refractivity contribution in [3.8, 4) is 0 Å². The summed E-state index contributed by atoms with van der Waals surface area (Å²) in [7, 11) is 0. The Labute approximate surface area is 117 Å². The van der Waals surface area contributed by atoms with E-state index in [4.69, 9.17) is 0 Å². The molecule has 0 aliphatic carbocycles. The monoisotopic (exact) mass is 265 g/mol. The highest BCUT2D eigenvalue weighted by atomic mass is 19.1. The summed E-state index contributed by atoms with van der Waals surface area (Å²) >= 11 is 0. The molecule has 1 unspecified atom stereocenters. The second-order valence-corrected chi connectivity index (χ2v) is 6.12. The van der Waals surface area contributed by atoms with Crippen molar-refractivity contribution >= 4 is 0 Å². The van der Waals surface area contributed by atoms with Gasteiger partial charge < -0.3 is 5.32 Å². The van der Waals surface area contributed by atoms with Crippen molar-refractivity contribution in [1.82, 2.24) is 5.32 Å². The van der Waals surface area contributed by atoms with E-state index in [0.29, 0.717) is 6.04 Å². The number of benzene rings is 1. The van der Waals surface area contributed by atoms with Crippen molar-refractivity contribution in [2.75, 3.05) is 6.54 Å². The van der Waals surface area contributed by atoms with E-state index in [1.165, 1.54) is 11.6 Å². The summed E-state index contributed by atoms with van der Waals surface area (Å²) in [4.78, 5) is 0. The van der Waals surface area contributed by atoms with Gasteiger partial charge in [0.05, 0.1) is 0 Å². The fraction of sp³-hybridized carbons (Fsp3) is 0.647. The van der Waals surface area contributed by atoms with Gasteiger partial charge in [0, 0.05) is 6.04 Å². The van der Waals surface area contributed by atoms with Gasteiger partial charge >= 0.3 is 0 Å². The zero-order valence-corrected chi connectivity index (χ0v) is 13.0. The van der Waals surface area contributed by atoms with Crippen LogP contribution < -0.4 is 5.32 Å². The van der Waals surface area contributed by atoms with E-state index >= 15 is 0 Å². The molecule has 1 aromatic rings. The predicted molar refractivity (Wildman–Crippen MR) is 81.0 cm³/mol. The van der Waals surface area contributed by atoms with E-state index < -0.39 is 0 Å². The molecule has 0 fully saturated rings. The van der Waals surface area contributed by atoms with Crippen LogP contribution in [0.3, 0.4) is 0 Å². The van der Waals surface area contributed by atoms with Gasteiger partial charge in [0.2, 0.25) is 0 Å². The molecule has 1 atom stereocenters. The van der Waals surface area contributed by atoms with Gasteiger partial charge in [-0.15, -0.1) is 0 Å². The molecule has 19 heavy (non-hydrogen) atoms. The van der Waals surface area contributed by atoms with Crippen molar-refractivity contribution in [1.29, 1.82) is 0 Å². The molecular weight excluding hydrogens is 237 g/mol. The minimum absolute atomic E-state index is 0.135. The molecule has 0 aliphatic rings. The average Bonchev–Trinajstić information content (AvgIpc) is 2.38. The maximum absolute atomic E-state index is 13.4. The Morgan fingerprint density at radius 1 is 1.26 bits per heavy atom. The van der Waals surface area contributed by atoms with Crippen LogP contribution in [0.15, 0.2) is 18.2 Å². The highest BCUT2D eigenvalue weighted by Crippen LogP contribution is 2.28. The van der Waals surface area contributed by atoms with Gasteiger partial charge in [-0.2, -0.15) is 0 Å². The average molecular weight is 265 g/mol. The quantitative estimate of drug-likeness (QED) is 0.766. The van der Waals surface area contributed by atoms with Gasteiger partial charge in [-0.3, -0.25) is 0 Å². The molecule has 108 valence electrons. The topological polar surface area (TPSA) is 12.0 Å². The SMILES string of the molecule is CCCNC(Cc1cc(F)ccc1C)C(C)(C)CC. The molecule has 1 rings (SSSR count). The Morgan fingerprint density at radius 2 is 1.95 bits per heavy atom. The molecule has 1 aromatic carbocycles. The van der Waals surface area contributed by atoms with Crippen molar-refractivity contribution in [2.24, 2.45) is 5.41 Å². The van der Waals surface area contributed by atoms with Gasteiger partial charge in [-0.1, -0.05) is 33.8 Å². The van der Waals surface area contributed by atoms with Crippen LogP contribution >= 0.6 is 0 Å². The Morgan fingerprint density at radius 3 is 2.53 bits per heavy atom. The first-order valence-corrected chi connectivity index (χ1v) is 7.39. The Bertz CT molecular complexity index is 398. The van der Waals surface area contributed by atoms with Crippen LogP contribution in [0.4, 0.5) is 4.39 Å². The second kappa shape index (κ2) is 7.04. The van der Waals surface area contributed by atoms with Crippen molar-refractivity contribution in [2.45, 2.75) is 59.9 Å². The number of aryl methyl sites for hydroxylation is 1. The molecule has 0 saturated heterocycles. The number of hydrogen-bond acceptors (Lipinski definition) is 1. The maximum atomic E-state index is 13.4. The summed E-state index contributed by atoms with van der Waals surface area (Å²) in [6, 6.07) is 5.48. The molecule has 0 spiro atoms. The highest BCUT2D eigenvalue weighted by molar-refractivity contribution is 5.27. The fourth-order valence-corrected chi connectivity index (χ4v) is 2.27. The maximum Gasteiger partial charge on any atom is 0.123 e. The first kappa shape index (κ1) is 16.2. The van der Waals surface area contributed by atoms with E-state index in [0.717, 1.165) is 31.4 Å². The Hall–Kier alpha value is -0.890. The molecule has 0 aliphatic heterocycles. The molecule has 0 aromatic heterocycles. The summed E-state index contributed by atoms with van der Waals surface area (Å²) in [5, 5.41) is 3.63. The zero-order valence-electron chi connectivity index (χ0n) is 13.0. The number of halogens is 1. The largest absolute Gasteiger partial charge is 0.313 e. The highest BCUT2D eigenvalue weighted by Gasteiger charge is 2.27. The molecule has 0 radical (unpaired) electrons. The lowest BCUT2D eigenvalue weighted by Gasteiger charge is -2.35. The molecule has 0 saturated carbocycles. The Kier molecular flexibility index (Phi) is 5.99. The summed E-state index contributed by atoms with van der Waals surface area (Å²) in [5.74, 6) is -0.135. The van der Waals surface area contributed by atoms with Gasteiger partial charge in [-0.25, -0.2) is 4.39 Å². The molecule has 1 nitrogen and oxygen atoms in total. The second-order valence-electron chi connectivity index (χ2n) is 6.12. The number of nitrogens with one attached hydrogen (secondary N) is 1. The molecule has 0 bridgehead atoms. The number of rotatable bonds is 7. The van der Waals surface area contributed by atoms with Gasteiger partial charge in [0.25, 0.3) is 0 Å². The lowest BCUT2D eigenvalue weighted by molar-refractivity contribution is 0.230. The van der Waals surface area contributed by atoms with Crippen LogP contribution in [-0.2, 0) is 6.42 Å². The van der Waals surface area contributed by atoms with E-state index in [9.17, 15) is 4.39 Å². The fourth-order valence-electron chi connectivity index (χ4n) is 2.27. The smallest absolute Gasteiger partial charge is 0.123 e. The Balaban J connectivity index is 2.90. The molecular formula is C17H28FN. The minimum Gasteiger partial charge on any atom is -0.313 e. The first-order valence-electron chi connectivity index (χ1n) is 7.39. The molecule has 1 N–H and O–H groups in total. The summed E-state index contributed by atoms with van der Waals surface area (Å²) in [5.41, 5.74) is 2.51. The van der Waals surface area contributed by atoms with Crippen LogP contribution in [-0.4, -0.2) is 12.6 Å². The van der Waals surface area contributed by atoms with E-state index in [1.54, 1.807) is 6.07 Å². The van der Waals surface area contributed by atoms with Crippen molar-refractivity contribution in [3.05, 3.63) is 35.1 Å². The summed E-state index contributed by atoms with van der Waals surface area (Å²) in [6.07, 6.45) is 3.13. The van der Waals surface area contributed by atoms with Gasteiger partial charge in [0.1, 0.15) is 5.82 Å². The van der Waals surface area contributed by atoms with Gasteiger partial charge in [0.15, 0.2) is 0 Å². The van der Waals surface area contributed by atoms with Crippen molar-refractivity contribution in [3.63, 3.8) is 0 Å². The van der Waals surface area contributed by atoms with Crippen LogP contribution in [0.5, 0.6) is 0 Å². The normalized spacial score (nSPS) is 13.6.